The molecule has 1 aliphatic heterocycles. The van der Waals surface area contributed by atoms with Crippen LogP contribution in [-0.4, -0.2) is 38.2 Å². The summed E-state index contributed by atoms with van der Waals surface area (Å²) in [6.07, 6.45) is 7.66. The van der Waals surface area contributed by atoms with E-state index in [2.05, 4.69) is 36.5 Å². The van der Waals surface area contributed by atoms with Crippen molar-refractivity contribution in [1.29, 1.82) is 0 Å². The number of hydrogen-bond donors (Lipinski definition) is 3. The molecule has 5 heterocycles. The van der Waals surface area contributed by atoms with E-state index in [0.717, 1.165) is 64.8 Å². The summed E-state index contributed by atoms with van der Waals surface area (Å²) in [5.74, 6) is 0.251. The van der Waals surface area contributed by atoms with Gasteiger partial charge in [-0.05, 0) is 55.6 Å². The molecule has 1 aliphatic rings. The number of fused-ring (bicyclic) bond motifs is 2. The van der Waals surface area contributed by atoms with Gasteiger partial charge in [0.2, 0.25) is 0 Å². The Hall–Kier alpha value is -3.58. The Morgan fingerprint density at radius 3 is 2.68 bits per heavy atom. The normalized spacial score (nSPS) is 15.1. The predicted molar refractivity (Wildman–Crippen MR) is 119 cm³/mol. The number of H-pyrrole nitrogens is 2. The molecule has 0 amide bonds. The number of nitrogens with one attached hydrogen (secondary N) is 3. The first-order valence-corrected chi connectivity index (χ1v) is 10.5. The molecule has 1 aromatic carbocycles. The van der Waals surface area contributed by atoms with Crippen molar-refractivity contribution in [2.24, 2.45) is 0 Å². The summed E-state index contributed by atoms with van der Waals surface area (Å²) in [7, 11) is 0. The summed E-state index contributed by atoms with van der Waals surface area (Å²) in [6, 6.07) is 11.0. The second-order valence-corrected chi connectivity index (χ2v) is 8.07. The van der Waals surface area contributed by atoms with E-state index in [0.29, 0.717) is 11.5 Å². The molecule has 0 radical (unpaired) electrons. The van der Waals surface area contributed by atoms with Crippen LogP contribution in [0.4, 0.5) is 4.39 Å². The number of benzene rings is 1. The molecule has 1 saturated heterocycles. The molecular weight excluding hydrogens is 391 g/mol. The topological polar surface area (TPSA) is 82.3 Å². The lowest BCUT2D eigenvalue weighted by Crippen LogP contribution is -2.26. The van der Waals surface area contributed by atoms with Gasteiger partial charge in [0.25, 0.3) is 0 Å². The maximum atomic E-state index is 14.4. The summed E-state index contributed by atoms with van der Waals surface area (Å²) >= 11 is 0. The molecule has 154 valence electrons. The molecule has 0 aliphatic carbocycles. The van der Waals surface area contributed by atoms with Crippen molar-refractivity contribution in [1.82, 2.24) is 30.5 Å². The molecule has 0 saturated carbocycles. The van der Waals surface area contributed by atoms with Crippen LogP contribution in [0.2, 0.25) is 0 Å². The Kier molecular flexibility index (Phi) is 4.28. The van der Waals surface area contributed by atoms with E-state index in [-0.39, 0.29) is 5.82 Å². The largest absolute Gasteiger partial charge is 0.352 e. The van der Waals surface area contributed by atoms with Crippen LogP contribution in [0.25, 0.3) is 44.5 Å². The first kappa shape index (κ1) is 18.2. The SMILES string of the molecule is Fc1ccccc1-c1cncc2[nH]c(-c3n[nH]c4ncc(C5CCNCC5)cc34)cc12. The molecule has 6 nitrogen and oxygen atoms in total. The highest BCUT2D eigenvalue weighted by atomic mass is 19.1. The molecule has 3 N–H and O–H groups in total. The van der Waals surface area contributed by atoms with Crippen LogP contribution in [0, 0.1) is 5.82 Å². The number of piperidine rings is 1. The molecule has 5 aromatic rings. The average molecular weight is 412 g/mol. The Morgan fingerprint density at radius 1 is 0.935 bits per heavy atom. The van der Waals surface area contributed by atoms with Gasteiger partial charge in [-0.25, -0.2) is 9.37 Å². The number of rotatable bonds is 3. The molecule has 0 spiro atoms. The Morgan fingerprint density at radius 2 is 1.81 bits per heavy atom. The van der Waals surface area contributed by atoms with Gasteiger partial charge in [-0.3, -0.25) is 10.1 Å². The zero-order valence-electron chi connectivity index (χ0n) is 16.8. The van der Waals surface area contributed by atoms with Gasteiger partial charge < -0.3 is 10.3 Å². The van der Waals surface area contributed by atoms with Crippen molar-refractivity contribution < 1.29 is 4.39 Å². The highest BCUT2D eigenvalue weighted by molar-refractivity contribution is 6.00. The fourth-order valence-corrected chi connectivity index (χ4v) is 4.58. The second kappa shape index (κ2) is 7.28. The zero-order valence-corrected chi connectivity index (χ0v) is 16.8. The summed E-state index contributed by atoms with van der Waals surface area (Å²) < 4.78 is 14.4. The molecule has 0 unspecified atom stereocenters. The van der Waals surface area contributed by atoms with Crippen molar-refractivity contribution >= 4 is 21.9 Å². The lowest BCUT2D eigenvalue weighted by atomic mass is 9.91. The third-order valence-corrected chi connectivity index (χ3v) is 6.21. The third-order valence-electron chi connectivity index (χ3n) is 6.21. The van der Waals surface area contributed by atoms with Crippen LogP contribution < -0.4 is 5.32 Å². The van der Waals surface area contributed by atoms with Crippen LogP contribution in [0.5, 0.6) is 0 Å². The predicted octanol–water partition coefficient (Wildman–Crippen LogP) is 4.77. The van der Waals surface area contributed by atoms with Gasteiger partial charge >= 0.3 is 0 Å². The van der Waals surface area contributed by atoms with Crippen LogP contribution in [0.15, 0.2) is 55.0 Å². The minimum Gasteiger partial charge on any atom is -0.352 e. The summed E-state index contributed by atoms with van der Waals surface area (Å²) in [5.41, 5.74) is 5.82. The average Bonchev–Trinajstić information content (AvgIpc) is 3.43. The summed E-state index contributed by atoms with van der Waals surface area (Å²) in [5, 5.41) is 12.9. The van der Waals surface area contributed by atoms with Gasteiger partial charge in [0.05, 0.1) is 17.4 Å². The quantitative estimate of drug-likeness (QED) is 0.399. The summed E-state index contributed by atoms with van der Waals surface area (Å²) in [4.78, 5) is 12.4. The highest BCUT2D eigenvalue weighted by Gasteiger charge is 2.19. The lowest BCUT2D eigenvalue weighted by molar-refractivity contribution is 0.460. The second-order valence-electron chi connectivity index (χ2n) is 8.07. The van der Waals surface area contributed by atoms with E-state index in [1.807, 2.05) is 18.3 Å². The van der Waals surface area contributed by atoms with Gasteiger partial charge in [0.15, 0.2) is 5.65 Å². The van der Waals surface area contributed by atoms with Gasteiger partial charge in [-0.2, -0.15) is 5.10 Å². The Labute approximate surface area is 177 Å². The van der Waals surface area contributed by atoms with Crippen LogP contribution in [-0.2, 0) is 0 Å². The maximum absolute atomic E-state index is 14.4. The van der Waals surface area contributed by atoms with Crippen molar-refractivity contribution in [3.05, 3.63) is 66.4 Å². The number of aromatic amines is 2. The summed E-state index contributed by atoms with van der Waals surface area (Å²) in [6.45, 7) is 2.07. The number of halogens is 1. The third kappa shape index (κ3) is 3.09. The molecule has 1 fully saturated rings. The first-order chi connectivity index (χ1) is 15.3. The number of pyridine rings is 2. The molecule has 4 aromatic heterocycles. The van der Waals surface area contributed by atoms with E-state index in [1.165, 1.54) is 11.6 Å². The van der Waals surface area contributed by atoms with Gasteiger partial charge in [0, 0.05) is 34.3 Å². The van der Waals surface area contributed by atoms with E-state index < -0.39 is 0 Å². The molecule has 31 heavy (non-hydrogen) atoms. The zero-order chi connectivity index (χ0) is 20.8. The number of aromatic nitrogens is 5. The highest BCUT2D eigenvalue weighted by Crippen LogP contribution is 2.35. The maximum Gasteiger partial charge on any atom is 0.155 e. The van der Waals surface area contributed by atoms with Crippen molar-refractivity contribution in [3.8, 4) is 22.5 Å². The van der Waals surface area contributed by atoms with E-state index in [9.17, 15) is 4.39 Å². The molecular formula is C24H21FN6. The minimum atomic E-state index is -0.263. The van der Waals surface area contributed by atoms with Crippen molar-refractivity contribution in [2.75, 3.05) is 13.1 Å². The standard InChI is InChI=1S/C24H21FN6/c25-20-4-2-1-3-16(20)19-12-27-13-22-17(19)10-21(29-22)23-18-9-15(11-28-24(18)31-30-23)14-5-7-26-8-6-14/h1-4,9-14,26,29H,5-8H2,(H,28,30,31). The fourth-order valence-electron chi connectivity index (χ4n) is 4.58. The van der Waals surface area contributed by atoms with Crippen molar-refractivity contribution in [3.63, 3.8) is 0 Å². The van der Waals surface area contributed by atoms with Crippen LogP contribution >= 0.6 is 0 Å². The molecule has 0 atom stereocenters. The van der Waals surface area contributed by atoms with Crippen molar-refractivity contribution in [2.45, 2.75) is 18.8 Å². The van der Waals surface area contributed by atoms with Crippen LogP contribution in [0.1, 0.15) is 24.3 Å². The minimum absolute atomic E-state index is 0.263. The smallest absolute Gasteiger partial charge is 0.155 e. The Balaban J connectivity index is 1.48. The van der Waals surface area contributed by atoms with E-state index in [4.69, 9.17) is 0 Å². The monoisotopic (exact) mass is 412 g/mol. The van der Waals surface area contributed by atoms with Crippen LogP contribution in [0.3, 0.4) is 0 Å². The van der Waals surface area contributed by atoms with E-state index in [1.54, 1.807) is 24.5 Å². The lowest BCUT2D eigenvalue weighted by Gasteiger charge is -2.22. The van der Waals surface area contributed by atoms with Gasteiger partial charge in [-0.15, -0.1) is 0 Å². The first-order valence-electron chi connectivity index (χ1n) is 10.5. The van der Waals surface area contributed by atoms with Gasteiger partial charge in [-0.1, -0.05) is 18.2 Å². The molecule has 7 heteroatoms. The van der Waals surface area contributed by atoms with E-state index >= 15 is 0 Å². The molecule has 0 bridgehead atoms. The number of nitrogens with zero attached hydrogens (tertiary/aromatic N) is 3. The van der Waals surface area contributed by atoms with Gasteiger partial charge in [0.1, 0.15) is 11.5 Å². The molecule has 6 rings (SSSR count). The number of hydrogen-bond acceptors (Lipinski definition) is 4. The fraction of sp³-hybridized carbons (Fsp3) is 0.208. The Bertz CT molecular complexity index is 1400.